The van der Waals surface area contributed by atoms with Crippen LogP contribution in [-0.4, -0.2) is 19.0 Å². The Hall–Kier alpha value is -0.570. The van der Waals surface area contributed by atoms with Crippen molar-refractivity contribution in [2.24, 2.45) is 23.0 Å². The Kier molecular flexibility index (Phi) is 4.08. The number of carbonyl (C=O) groups excluding carboxylic acids is 1. The zero-order valence-corrected chi connectivity index (χ0v) is 11.0. The van der Waals surface area contributed by atoms with E-state index in [2.05, 4.69) is 12.2 Å². The van der Waals surface area contributed by atoms with Crippen LogP contribution < -0.4 is 11.1 Å². The summed E-state index contributed by atoms with van der Waals surface area (Å²) in [5.41, 5.74) is 5.46. The largest absolute Gasteiger partial charge is 0.356 e. The van der Waals surface area contributed by atoms with Crippen LogP contribution in [0.5, 0.6) is 0 Å². The monoisotopic (exact) mass is 238 g/mol. The number of nitrogens with two attached hydrogens (primary N) is 1. The molecule has 17 heavy (non-hydrogen) atoms. The molecule has 3 nitrogen and oxygen atoms in total. The maximum absolute atomic E-state index is 11.9. The first kappa shape index (κ1) is 12.9. The third-order valence-corrected chi connectivity index (χ3v) is 4.70. The molecule has 1 amide bonds. The lowest BCUT2D eigenvalue weighted by atomic mass is 9.81. The van der Waals surface area contributed by atoms with Crippen LogP contribution >= 0.6 is 0 Å². The second kappa shape index (κ2) is 5.38. The zero-order chi connectivity index (χ0) is 12.3. The van der Waals surface area contributed by atoms with E-state index in [1.807, 2.05) is 0 Å². The smallest absolute Gasteiger partial charge is 0.227 e. The molecular formula is C14H26N2O. The highest BCUT2D eigenvalue weighted by atomic mass is 16.2. The molecule has 0 saturated heterocycles. The lowest BCUT2D eigenvalue weighted by molar-refractivity contribution is -0.126. The fourth-order valence-electron chi connectivity index (χ4n) is 2.87. The molecule has 3 N–H and O–H groups in total. The number of hydrogen-bond acceptors (Lipinski definition) is 2. The van der Waals surface area contributed by atoms with E-state index < -0.39 is 0 Å². The van der Waals surface area contributed by atoms with E-state index in [9.17, 15) is 4.79 Å². The van der Waals surface area contributed by atoms with Gasteiger partial charge in [0, 0.05) is 13.1 Å². The molecule has 0 aromatic carbocycles. The normalized spacial score (nSPS) is 30.9. The molecule has 0 bridgehead atoms. The van der Waals surface area contributed by atoms with Crippen molar-refractivity contribution in [3.05, 3.63) is 0 Å². The van der Waals surface area contributed by atoms with E-state index in [0.717, 1.165) is 37.6 Å². The standard InChI is InChI=1S/C14H26N2O/c1-11-2-4-12(5-3-11)6-9-16-13(17)14(10-15)7-8-14/h11-12H,2-10,15H2,1H3,(H,16,17). The lowest BCUT2D eigenvalue weighted by Crippen LogP contribution is -2.37. The minimum Gasteiger partial charge on any atom is -0.356 e. The van der Waals surface area contributed by atoms with E-state index in [4.69, 9.17) is 5.73 Å². The van der Waals surface area contributed by atoms with Gasteiger partial charge in [-0.15, -0.1) is 0 Å². The number of nitrogens with one attached hydrogen (secondary N) is 1. The molecule has 98 valence electrons. The summed E-state index contributed by atoms with van der Waals surface area (Å²) in [6.07, 6.45) is 8.54. The van der Waals surface area contributed by atoms with Gasteiger partial charge in [0.25, 0.3) is 0 Å². The SMILES string of the molecule is CC1CCC(CCNC(=O)C2(CN)CC2)CC1. The molecule has 0 aliphatic heterocycles. The van der Waals surface area contributed by atoms with E-state index >= 15 is 0 Å². The van der Waals surface area contributed by atoms with Crippen LogP contribution in [-0.2, 0) is 4.79 Å². The van der Waals surface area contributed by atoms with Crippen LogP contribution in [0.2, 0.25) is 0 Å². The molecule has 0 aromatic rings. The van der Waals surface area contributed by atoms with Crippen LogP contribution in [0.15, 0.2) is 0 Å². The predicted molar refractivity (Wildman–Crippen MR) is 69.5 cm³/mol. The average molecular weight is 238 g/mol. The van der Waals surface area contributed by atoms with Gasteiger partial charge in [0.1, 0.15) is 0 Å². The Morgan fingerprint density at radius 2 is 1.94 bits per heavy atom. The number of rotatable bonds is 5. The molecule has 2 rings (SSSR count). The van der Waals surface area contributed by atoms with Crippen molar-refractivity contribution in [3.63, 3.8) is 0 Å². The molecule has 2 aliphatic rings. The van der Waals surface area contributed by atoms with Gasteiger partial charge in [0.15, 0.2) is 0 Å². The van der Waals surface area contributed by atoms with Gasteiger partial charge in [0.2, 0.25) is 5.91 Å². The van der Waals surface area contributed by atoms with E-state index in [-0.39, 0.29) is 11.3 Å². The maximum atomic E-state index is 11.9. The van der Waals surface area contributed by atoms with Crippen molar-refractivity contribution in [1.29, 1.82) is 0 Å². The lowest BCUT2D eigenvalue weighted by Gasteiger charge is -2.26. The van der Waals surface area contributed by atoms with Gasteiger partial charge in [-0.3, -0.25) is 4.79 Å². The maximum Gasteiger partial charge on any atom is 0.227 e. The van der Waals surface area contributed by atoms with Gasteiger partial charge in [-0.05, 0) is 31.1 Å². The van der Waals surface area contributed by atoms with Gasteiger partial charge >= 0.3 is 0 Å². The third kappa shape index (κ3) is 3.21. The first-order valence-corrected chi connectivity index (χ1v) is 7.15. The van der Waals surface area contributed by atoms with Gasteiger partial charge in [0.05, 0.1) is 5.41 Å². The third-order valence-electron chi connectivity index (χ3n) is 4.70. The van der Waals surface area contributed by atoms with Gasteiger partial charge in [-0.2, -0.15) is 0 Å². The van der Waals surface area contributed by atoms with Gasteiger partial charge in [-0.25, -0.2) is 0 Å². The quantitative estimate of drug-likeness (QED) is 0.770. The van der Waals surface area contributed by atoms with E-state index in [1.54, 1.807) is 0 Å². The minimum atomic E-state index is -0.179. The molecule has 2 fully saturated rings. The van der Waals surface area contributed by atoms with E-state index in [1.165, 1.54) is 25.7 Å². The minimum absolute atomic E-state index is 0.179. The van der Waals surface area contributed by atoms with Crippen molar-refractivity contribution < 1.29 is 4.79 Å². The highest BCUT2D eigenvalue weighted by Gasteiger charge is 2.48. The number of hydrogen-bond donors (Lipinski definition) is 2. The molecule has 0 heterocycles. The predicted octanol–water partition coefficient (Wildman–Crippen LogP) is 2.06. The molecule has 2 saturated carbocycles. The molecule has 2 aliphatic carbocycles. The molecule has 0 spiro atoms. The topological polar surface area (TPSA) is 55.1 Å². The summed E-state index contributed by atoms with van der Waals surface area (Å²) in [7, 11) is 0. The van der Waals surface area contributed by atoms with Gasteiger partial charge < -0.3 is 11.1 Å². The fraction of sp³-hybridized carbons (Fsp3) is 0.929. The van der Waals surface area contributed by atoms with Crippen LogP contribution in [0.3, 0.4) is 0 Å². The van der Waals surface area contributed by atoms with Crippen molar-refractivity contribution in [1.82, 2.24) is 5.32 Å². The van der Waals surface area contributed by atoms with Crippen LogP contribution in [0.25, 0.3) is 0 Å². The summed E-state index contributed by atoms with van der Waals surface area (Å²) >= 11 is 0. The second-order valence-electron chi connectivity index (χ2n) is 6.15. The molecule has 0 unspecified atom stereocenters. The van der Waals surface area contributed by atoms with Crippen LogP contribution in [0, 0.1) is 17.3 Å². The number of amides is 1. The first-order chi connectivity index (χ1) is 8.16. The highest BCUT2D eigenvalue weighted by Crippen LogP contribution is 2.44. The van der Waals surface area contributed by atoms with Crippen molar-refractivity contribution >= 4 is 5.91 Å². The molecule has 0 radical (unpaired) electrons. The summed E-state index contributed by atoms with van der Waals surface area (Å²) in [5.74, 6) is 1.94. The summed E-state index contributed by atoms with van der Waals surface area (Å²) in [5, 5.41) is 3.08. The first-order valence-electron chi connectivity index (χ1n) is 7.15. The van der Waals surface area contributed by atoms with Crippen molar-refractivity contribution in [2.45, 2.75) is 51.9 Å². The fourth-order valence-corrected chi connectivity index (χ4v) is 2.87. The molecule has 0 atom stereocenters. The van der Waals surface area contributed by atoms with E-state index in [0.29, 0.717) is 6.54 Å². The Balaban J connectivity index is 1.61. The van der Waals surface area contributed by atoms with Crippen LogP contribution in [0.4, 0.5) is 0 Å². The summed E-state index contributed by atoms with van der Waals surface area (Å²) in [6.45, 7) is 3.70. The second-order valence-corrected chi connectivity index (χ2v) is 6.15. The molecular weight excluding hydrogens is 212 g/mol. The summed E-state index contributed by atoms with van der Waals surface area (Å²) < 4.78 is 0. The van der Waals surface area contributed by atoms with Crippen LogP contribution in [0.1, 0.15) is 51.9 Å². The number of carbonyl (C=O) groups is 1. The molecule has 0 aromatic heterocycles. The summed E-state index contributed by atoms with van der Waals surface area (Å²) in [4.78, 5) is 11.9. The van der Waals surface area contributed by atoms with Crippen molar-refractivity contribution in [3.8, 4) is 0 Å². The van der Waals surface area contributed by atoms with Crippen molar-refractivity contribution in [2.75, 3.05) is 13.1 Å². The Bertz CT molecular complexity index is 265. The Morgan fingerprint density at radius 3 is 2.47 bits per heavy atom. The Labute approximate surface area is 105 Å². The average Bonchev–Trinajstić information content (AvgIpc) is 3.12. The highest BCUT2D eigenvalue weighted by molar-refractivity contribution is 5.85. The Morgan fingerprint density at radius 1 is 1.29 bits per heavy atom. The van der Waals surface area contributed by atoms with Gasteiger partial charge in [-0.1, -0.05) is 32.6 Å². The summed E-state index contributed by atoms with van der Waals surface area (Å²) in [6, 6.07) is 0. The molecule has 3 heteroatoms. The zero-order valence-electron chi connectivity index (χ0n) is 11.0.